The molecule has 0 amide bonds. The fourth-order valence-electron chi connectivity index (χ4n) is 1.49. The molecule has 0 saturated heterocycles. The first-order valence-electron chi connectivity index (χ1n) is 6.64. The lowest BCUT2D eigenvalue weighted by atomic mass is 10.3. The smallest absolute Gasteiger partial charge is 0.165 e. The second kappa shape index (κ2) is 8.45. The summed E-state index contributed by atoms with van der Waals surface area (Å²) in [6, 6.07) is 4.90. The maximum absolute atomic E-state index is 9.79. The monoisotopic (exact) mass is 281 g/mol. The van der Waals surface area contributed by atoms with Crippen LogP contribution in [0.15, 0.2) is 30.9 Å². The van der Waals surface area contributed by atoms with Crippen LogP contribution in [0.25, 0.3) is 0 Å². The van der Waals surface area contributed by atoms with E-state index in [1.54, 1.807) is 12.1 Å². The van der Waals surface area contributed by atoms with Crippen LogP contribution < -0.4 is 14.8 Å². The van der Waals surface area contributed by atoms with E-state index in [-0.39, 0.29) is 12.4 Å². The second-order valence-electron chi connectivity index (χ2n) is 4.76. The Labute approximate surface area is 119 Å². The average Bonchev–Trinajstić information content (AvgIpc) is 2.41. The van der Waals surface area contributed by atoms with Crippen molar-refractivity contribution in [3.8, 4) is 17.2 Å². The number of aromatic hydroxyl groups is 1. The minimum Gasteiger partial charge on any atom is -0.508 e. The lowest BCUT2D eigenvalue weighted by Gasteiger charge is -2.16. The van der Waals surface area contributed by atoms with Crippen molar-refractivity contribution in [1.29, 1.82) is 0 Å². The zero-order valence-corrected chi connectivity index (χ0v) is 12.0. The Balaban J connectivity index is 2.56. The van der Waals surface area contributed by atoms with E-state index in [9.17, 15) is 10.2 Å². The third kappa shape index (κ3) is 5.95. The highest BCUT2D eigenvalue weighted by atomic mass is 16.5. The molecule has 20 heavy (non-hydrogen) atoms. The van der Waals surface area contributed by atoms with Crippen LogP contribution in [-0.4, -0.2) is 42.1 Å². The molecular formula is C15H23NO4. The maximum atomic E-state index is 9.79. The summed E-state index contributed by atoms with van der Waals surface area (Å²) in [6.07, 6.45) is 0.991. The molecule has 0 aliphatic carbocycles. The predicted octanol–water partition coefficient (Wildman–Crippen LogP) is 1.69. The lowest BCUT2D eigenvalue weighted by molar-refractivity contribution is 0.102. The third-order valence-electron chi connectivity index (χ3n) is 2.48. The summed E-state index contributed by atoms with van der Waals surface area (Å²) in [5, 5.41) is 22.4. The number of phenolic OH excluding ortho intramolecular Hbond substituents is 1. The Morgan fingerprint density at radius 3 is 2.70 bits per heavy atom. The standard InChI is InChI=1S/C15H23NO4/c1-4-7-19-14-6-5-12(17)8-15(14)20-10-13(18)9-16-11(2)3/h4-6,8,11,13,16-18H,1,7,9-10H2,2-3H3/t13-/m0/s1. The van der Waals surface area contributed by atoms with E-state index in [4.69, 9.17) is 9.47 Å². The molecule has 1 aromatic carbocycles. The minimum atomic E-state index is -0.632. The number of aliphatic hydroxyl groups is 1. The van der Waals surface area contributed by atoms with Crippen LogP contribution in [0, 0.1) is 0 Å². The van der Waals surface area contributed by atoms with E-state index in [1.807, 2.05) is 13.8 Å². The van der Waals surface area contributed by atoms with Gasteiger partial charge in [0.25, 0.3) is 0 Å². The average molecular weight is 281 g/mol. The van der Waals surface area contributed by atoms with Crippen LogP contribution >= 0.6 is 0 Å². The van der Waals surface area contributed by atoms with Gasteiger partial charge in [-0.2, -0.15) is 0 Å². The molecule has 112 valence electrons. The quantitative estimate of drug-likeness (QED) is 0.601. The number of phenols is 1. The van der Waals surface area contributed by atoms with E-state index in [1.165, 1.54) is 12.1 Å². The maximum Gasteiger partial charge on any atom is 0.165 e. The second-order valence-corrected chi connectivity index (χ2v) is 4.76. The van der Waals surface area contributed by atoms with Gasteiger partial charge in [-0.05, 0) is 12.1 Å². The largest absolute Gasteiger partial charge is 0.508 e. The molecule has 0 heterocycles. The third-order valence-corrected chi connectivity index (χ3v) is 2.48. The molecule has 1 rings (SSSR count). The first-order valence-corrected chi connectivity index (χ1v) is 6.64. The minimum absolute atomic E-state index is 0.0840. The van der Waals surface area contributed by atoms with Crippen molar-refractivity contribution in [2.24, 2.45) is 0 Å². The number of rotatable bonds is 9. The van der Waals surface area contributed by atoms with Crippen molar-refractivity contribution in [2.75, 3.05) is 19.8 Å². The van der Waals surface area contributed by atoms with Gasteiger partial charge in [0, 0.05) is 18.7 Å². The molecule has 1 atom stereocenters. The van der Waals surface area contributed by atoms with E-state index in [0.29, 0.717) is 30.7 Å². The fraction of sp³-hybridized carbons (Fsp3) is 0.467. The zero-order valence-electron chi connectivity index (χ0n) is 12.0. The molecule has 1 aromatic rings. The molecule has 0 aliphatic rings. The van der Waals surface area contributed by atoms with Crippen LogP contribution in [0.5, 0.6) is 17.2 Å². The van der Waals surface area contributed by atoms with Crippen LogP contribution in [0.2, 0.25) is 0 Å². The van der Waals surface area contributed by atoms with Crippen LogP contribution in [0.4, 0.5) is 0 Å². The van der Waals surface area contributed by atoms with Crippen molar-refractivity contribution in [3.63, 3.8) is 0 Å². The molecule has 0 aliphatic heterocycles. The number of aliphatic hydroxyl groups excluding tert-OH is 1. The van der Waals surface area contributed by atoms with Crippen LogP contribution in [-0.2, 0) is 0 Å². The molecule has 0 fully saturated rings. The van der Waals surface area contributed by atoms with Crippen LogP contribution in [0.3, 0.4) is 0 Å². The summed E-state index contributed by atoms with van der Waals surface area (Å²) in [6.45, 7) is 8.49. The molecule has 3 N–H and O–H groups in total. The van der Waals surface area contributed by atoms with Gasteiger partial charge in [0.2, 0.25) is 0 Å². The SMILES string of the molecule is C=CCOc1ccc(O)cc1OC[C@@H](O)CNC(C)C. The number of nitrogens with one attached hydrogen (secondary N) is 1. The topological polar surface area (TPSA) is 71.0 Å². The summed E-state index contributed by atoms with van der Waals surface area (Å²) in [7, 11) is 0. The van der Waals surface area contributed by atoms with Gasteiger partial charge >= 0.3 is 0 Å². The van der Waals surface area contributed by atoms with E-state index < -0.39 is 6.10 Å². The first kappa shape index (κ1) is 16.3. The Kier molecular flexibility index (Phi) is 6.90. The fourth-order valence-corrected chi connectivity index (χ4v) is 1.49. The van der Waals surface area contributed by atoms with Gasteiger partial charge in [-0.25, -0.2) is 0 Å². The molecule has 5 heteroatoms. The van der Waals surface area contributed by atoms with Crippen molar-refractivity contribution in [2.45, 2.75) is 26.0 Å². The summed E-state index contributed by atoms with van der Waals surface area (Å²) in [5.74, 6) is 0.989. The summed E-state index contributed by atoms with van der Waals surface area (Å²) in [4.78, 5) is 0. The number of hydrogen-bond acceptors (Lipinski definition) is 5. The molecule has 0 bridgehead atoms. The molecule has 0 unspecified atom stereocenters. The highest BCUT2D eigenvalue weighted by molar-refractivity contribution is 5.45. The lowest BCUT2D eigenvalue weighted by Crippen LogP contribution is -2.35. The molecule has 0 saturated carbocycles. The Morgan fingerprint density at radius 1 is 1.30 bits per heavy atom. The number of ether oxygens (including phenoxy) is 2. The molecular weight excluding hydrogens is 258 g/mol. The molecule has 0 spiro atoms. The summed E-state index contributed by atoms with van der Waals surface area (Å²) >= 11 is 0. The van der Waals surface area contributed by atoms with Crippen molar-refractivity contribution in [3.05, 3.63) is 30.9 Å². The van der Waals surface area contributed by atoms with Crippen molar-refractivity contribution < 1.29 is 19.7 Å². The predicted molar refractivity (Wildman–Crippen MR) is 78.4 cm³/mol. The Bertz CT molecular complexity index is 420. The van der Waals surface area contributed by atoms with E-state index in [0.717, 1.165) is 0 Å². The summed E-state index contributed by atoms with van der Waals surface area (Å²) < 4.78 is 10.9. The van der Waals surface area contributed by atoms with Gasteiger partial charge in [-0.15, -0.1) is 0 Å². The van der Waals surface area contributed by atoms with Gasteiger partial charge in [-0.3, -0.25) is 0 Å². The van der Waals surface area contributed by atoms with E-state index >= 15 is 0 Å². The molecule has 0 radical (unpaired) electrons. The van der Waals surface area contributed by atoms with Gasteiger partial charge in [0.05, 0.1) is 0 Å². The molecule has 5 nitrogen and oxygen atoms in total. The highest BCUT2D eigenvalue weighted by Gasteiger charge is 2.10. The first-order chi connectivity index (χ1) is 9.52. The van der Waals surface area contributed by atoms with Crippen molar-refractivity contribution in [1.82, 2.24) is 5.32 Å². The normalized spacial score (nSPS) is 12.2. The Morgan fingerprint density at radius 2 is 2.05 bits per heavy atom. The Hall–Kier alpha value is -1.72. The van der Waals surface area contributed by atoms with Gasteiger partial charge < -0.3 is 25.0 Å². The van der Waals surface area contributed by atoms with Gasteiger partial charge in [-0.1, -0.05) is 26.5 Å². The van der Waals surface area contributed by atoms with Crippen LogP contribution in [0.1, 0.15) is 13.8 Å². The number of hydrogen-bond donors (Lipinski definition) is 3. The van der Waals surface area contributed by atoms with E-state index in [2.05, 4.69) is 11.9 Å². The number of benzene rings is 1. The van der Waals surface area contributed by atoms with Crippen molar-refractivity contribution >= 4 is 0 Å². The van der Waals surface area contributed by atoms with Gasteiger partial charge in [0.15, 0.2) is 11.5 Å². The zero-order chi connectivity index (χ0) is 15.0. The van der Waals surface area contributed by atoms with Gasteiger partial charge in [0.1, 0.15) is 25.1 Å². The summed E-state index contributed by atoms with van der Waals surface area (Å²) in [5.41, 5.74) is 0. The molecule has 0 aromatic heterocycles. The highest BCUT2D eigenvalue weighted by Crippen LogP contribution is 2.31.